The van der Waals surface area contributed by atoms with Crippen LogP contribution in [0.3, 0.4) is 0 Å². The van der Waals surface area contributed by atoms with E-state index in [1.165, 1.54) is 22.2 Å². The number of para-hydroxylation sites is 1. The fourth-order valence-corrected chi connectivity index (χ4v) is 4.69. The number of nitrogens with zero attached hydrogens (tertiary/aromatic N) is 6. The van der Waals surface area contributed by atoms with Gasteiger partial charge in [0, 0.05) is 46.3 Å². The molecule has 164 valence electrons. The van der Waals surface area contributed by atoms with Gasteiger partial charge in [0.15, 0.2) is 11.5 Å². The van der Waals surface area contributed by atoms with Crippen molar-refractivity contribution < 1.29 is 0 Å². The van der Waals surface area contributed by atoms with Crippen molar-refractivity contribution in [1.29, 1.82) is 0 Å². The Balaban J connectivity index is 1.39. The lowest BCUT2D eigenvalue weighted by atomic mass is 9.87. The van der Waals surface area contributed by atoms with Crippen molar-refractivity contribution in [3.63, 3.8) is 0 Å². The summed E-state index contributed by atoms with van der Waals surface area (Å²) in [6, 6.07) is 12.4. The SMILES string of the molecule is CC(C)c1cnn2c(/N=C/C3CCc4[nH]c5ccccc5c4C3)nc(-c3cccnc3)nc12. The lowest BCUT2D eigenvalue weighted by Crippen LogP contribution is -2.14. The highest BCUT2D eigenvalue weighted by Gasteiger charge is 2.22. The number of aliphatic imine (C=N–C) groups is 1. The minimum Gasteiger partial charge on any atom is -0.358 e. The summed E-state index contributed by atoms with van der Waals surface area (Å²) in [7, 11) is 0. The van der Waals surface area contributed by atoms with Gasteiger partial charge in [-0.05, 0) is 54.9 Å². The fraction of sp³-hybridized carbons (Fsp3) is 0.269. The van der Waals surface area contributed by atoms with Crippen molar-refractivity contribution in [2.45, 2.75) is 39.0 Å². The van der Waals surface area contributed by atoms with E-state index in [1.807, 2.05) is 18.3 Å². The predicted molar refractivity (Wildman–Crippen MR) is 130 cm³/mol. The molecule has 4 heterocycles. The second kappa shape index (κ2) is 7.92. The zero-order valence-electron chi connectivity index (χ0n) is 18.7. The smallest absolute Gasteiger partial charge is 0.254 e. The number of hydrogen-bond donors (Lipinski definition) is 1. The third kappa shape index (κ3) is 3.50. The molecule has 0 saturated heterocycles. The molecule has 1 aromatic carbocycles. The Bertz CT molecular complexity index is 1480. The van der Waals surface area contributed by atoms with Crippen LogP contribution in [0.5, 0.6) is 0 Å². The second-order valence-corrected chi connectivity index (χ2v) is 8.99. The lowest BCUT2D eigenvalue weighted by molar-refractivity contribution is 0.589. The van der Waals surface area contributed by atoms with Gasteiger partial charge in [0.05, 0.1) is 6.20 Å². The number of aryl methyl sites for hydroxylation is 1. The summed E-state index contributed by atoms with van der Waals surface area (Å²) < 4.78 is 1.76. The van der Waals surface area contributed by atoms with Crippen LogP contribution in [-0.2, 0) is 12.8 Å². The van der Waals surface area contributed by atoms with Gasteiger partial charge in [-0.2, -0.15) is 14.6 Å². The Kier molecular flexibility index (Phi) is 4.75. The first-order chi connectivity index (χ1) is 16.2. The molecule has 5 aromatic rings. The summed E-state index contributed by atoms with van der Waals surface area (Å²) in [6.45, 7) is 4.29. The topological polar surface area (TPSA) is 84.1 Å². The van der Waals surface area contributed by atoms with E-state index in [0.717, 1.165) is 36.0 Å². The number of rotatable bonds is 4. The van der Waals surface area contributed by atoms with E-state index in [0.29, 0.717) is 23.6 Å². The van der Waals surface area contributed by atoms with Gasteiger partial charge in [-0.1, -0.05) is 32.0 Å². The van der Waals surface area contributed by atoms with Crippen molar-refractivity contribution in [1.82, 2.24) is 29.5 Å². The molecule has 0 spiro atoms. The van der Waals surface area contributed by atoms with Gasteiger partial charge >= 0.3 is 0 Å². The Morgan fingerprint density at radius 2 is 2.03 bits per heavy atom. The highest BCUT2D eigenvalue weighted by Crippen LogP contribution is 2.31. The van der Waals surface area contributed by atoms with Gasteiger partial charge in [0.2, 0.25) is 0 Å². The van der Waals surface area contributed by atoms with Gasteiger partial charge in [-0.25, -0.2) is 9.98 Å². The summed E-state index contributed by atoms with van der Waals surface area (Å²) in [6.07, 6.45) is 10.5. The molecule has 0 amide bonds. The molecule has 1 atom stereocenters. The molecule has 1 aliphatic carbocycles. The number of nitrogens with one attached hydrogen (secondary N) is 1. The maximum atomic E-state index is 4.85. The normalized spacial score (nSPS) is 16.3. The van der Waals surface area contributed by atoms with E-state index in [1.54, 1.807) is 16.9 Å². The molecule has 4 aromatic heterocycles. The molecule has 0 saturated carbocycles. The minimum atomic E-state index is 0.301. The summed E-state index contributed by atoms with van der Waals surface area (Å²) in [4.78, 5) is 22.2. The molecule has 1 aliphatic rings. The number of H-pyrrole nitrogens is 1. The first-order valence-electron chi connectivity index (χ1n) is 11.5. The second-order valence-electron chi connectivity index (χ2n) is 8.99. The summed E-state index contributed by atoms with van der Waals surface area (Å²) >= 11 is 0. The monoisotopic (exact) mass is 435 g/mol. The average molecular weight is 436 g/mol. The summed E-state index contributed by atoms with van der Waals surface area (Å²) in [5.41, 5.74) is 6.75. The Morgan fingerprint density at radius 1 is 1.12 bits per heavy atom. The Labute approximate surface area is 191 Å². The molecule has 7 heteroatoms. The maximum absolute atomic E-state index is 4.85. The quantitative estimate of drug-likeness (QED) is 0.388. The maximum Gasteiger partial charge on any atom is 0.254 e. The van der Waals surface area contributed by atoms with Gasteiger partial charge in [0.1, 0.15) is 0 Å². The number of aromatic nitrogens is 6. The van der Waals surface area contributed by atoms with Crippen molar-refractivity contribution in [3.05, 3.63) is 71.8 Å². The van der Waals surface area contributed by atoms with Crippen LogP contribution in [0.25, 0.3) is 27.9 Å². The van der Waals surface area contributed by atoms with E-state index in [4.69, 9.17) is 15.0 Å². The first kappa shape index (κ1) is 19.8. The molecule has 7 nitrogen and oxygen atoms in total. The minimum absolute atomic E-state index is 0.301. The molecule has 1 unspecified atom stereocenters. The molecule has 0 fully saturated rings. The number of benzene rings is 1. The van der Waals surface area contributed by atoms with Gasteiger partial charge in [-0.3, -0.25) is 4.98 Å². The van der Waals surface area contributed by atoms with Crippen molar-refractivity contribution in [3.8, 4) is 11.4 Å². The van der Waals surface area contributed by atoms with Crippen LogP contribution in [0.1, 0.15) is 43.0 Å². The number of fused-ring (bicyclic) bond motifs is 4. The third-order valence-corrected chi connectivity index (χ3v) is 6.45. The summed E-state index contributed by atoms with van der Waals surface area (Å²) in [5.74, 6) is 1.82. The zero-order chi connectivity index (χ0) is 22.4. The van der Waals surface area contributed by atoms with Crippen molar-refractivity contribution in [2.75, 3.05) is 0 Å². The van der Waals surface area contributed by atoms with E-state index in [-0.39, 0.29) is 0 Å². The lowest BCUT2D eigenvalue weighted by Gasteiger charge is -2.18. The van der Waals surface area contributed by atoms with Crippen molar-refractivity contribution in [2.24, 2.45) is 10.9 Å². The van der Waals surface area contributed by atoms with Crippen LogP contribution in [-0.4, -0.2) is 35.8 Å². The predicted octanol–water partition coefficient (Wildman–Crippen LogP) is 5.30. The van der Waals surface area contributed by atoms with Crippen LogP contribution >= 0.6 is 0 Å². The third-order valence-electron chi connectivity index (χ3n) is 6.45. The fourth-order valence-electron chi connectivity index (χ4n) is 4.69. The van der Waals surface area contributed by atoms with Crippen LogP contribution < -0.4 is 0 Å². The zero-order valence-corrected chi connectivity index (χ0v) is 18.7. The van der Waals surface area contributed by atoms with Crippen LogP contribution in [0.2, 0.25) is 0 Å². The molecule has 1 N–H and O–H groups in total. The van der Waals surface area contributed by atoms with E-state index in [9.17, 15) is 0 Å². The highest BCUT2D eigenvalue weighted by atomic mass is 15.3. The largest absolute Gasteiger partial charge is 0.358 e. The molecule has 0 aliphatic heterocycles. The van der Waals surface area contributed by atoms with Crippen molar-refractivity contribution >= 4 is 28.7 Å². The van der Waals surface area contributed by atoms with E-state index < -0.39 is 0 Å². The number of aromatic amines is 1. The molecule has 0 bridgehead atoms. The van der Waals surface area contributed by atoms with Gasteiger partial charge in [0.25, 0.3) is 5.95 Å². The summed E-state index contributed by atoms with van der Waals surface area (Å²) in [5, 5.41) is 5.89. The molecule has 0 radical (unpaired) electrons. The molecular formula is C26H25N7. The van der Waals surface area contributed by atoms with Crippen LogP contribution in [0, 0.1) is 5.92 Å². The number of pyridine rings is 1. The standard InChI is InChI=1S/C26H25N7/c1-16(2)21-15-29-33-25(21)31-24(18-6-5-11-27-14-18)32-26(33)28-13-17-9-10-23-20(12-17)19-7-3-4-8-22(19)30-23/h3-8,11,13-17,30H,9-10,12H2,1-2H3/b28-13+. The highest BCUT2D eigenvalue weighted by molar-refractivity contribution is 5.85. The van der Waals surface area contributed by atoms with E-state index >= 15 is 0 Å². The Hall–Kier alpha value is -3.87. The van der Waals surface area contributed by atoms with E-state index in [2.05, 4.69) is 59.4 Å². The molecule has 6 rings (SSSR count). The van der Waals surface area contributed by atoms with Gasteiger partial charge in [-0.15, -0.1) is 0 Å². The van der Waals surface area contributed by atoms with Crippen LogP contribution in [0.4, 0.5) is 5.95 Å². The Morgan fingerprint density at radius 3 is 2.88 bits per heavy atom. The average Bonchev–Trinajstić information content (AvgIpc) is 3.44. The van der Waals surface area contributed by atoms with Gasteiger partial charge < -0.3 is 4.98 Å². The number of hydrogen-bond acceptors (Lipinski definition) is 5. The molecular weight excluding hydrogens is 410 g/mol. The first-order valence-corrected chi connectivity index (χ1v) is 11.5. The van der Waals surface area contributed by atoms with Crippen LogP contribution in [0.15, 0.2) is 60.0 Å². The molecule has 33 heavy (non-hydrogen) atoms.